The molecule has 3 rings (SSSR count). The van der Waals surface area contributed by atoms with Gasteiger partial charge >= 0.3 is 30.7 Å². The summed E-state index contributed by atoms with van der Waals surface area (Å²) in [6, 6.07) is 0.110. The van der Waals surface area contributed by atoms with Crippen molar-refractivity contribution in [1.29, 1.82) is 0 Å². The fraction of sp³-hybridized carbons (Fsp3) is 0.462. The molecule has 1 aliphatic heterocycles. The molecule has 15 heteroatoms. The second-order valence-electron chi connectivity index (χ2n) is 9.21. The van der Waals surface area contributed by atoms with Crippen molar-refractivity contribution in [3.05, 3.63) is 64.2 Å². The van der Waals surface area contributed by atoms with Gasteiger partial charge < -0.3 is 14.4 Å². The number of carbonyl (C=O) groups is 2. The van der Waals surface area contributed by atoms with Crippen molar-refractivity contribution < 1.29 is 58.6 Å². The number of hydrogen-bond donors (Lipinski definition) is 0. The van der Waals surface area contributed by atoms with E-state index >= 15 is 0 Å². The quantitative estimate of drug-likeness (QED) is 0.326. The summed E-state index contributed by atoms with van der Waals surface area (Å²) in [5.41, 5.74) is -5.57. The molecule has 2 aromatic carbocycles. The first kappa shape index (κ1) is 31.9. The average Bonchev–Trinajstić information content (AvgIpc) is 3.20. The third-order valence-corrected chi connectivity index (χ3v) is 6.77. The van der Waals surface area contributed by atoms with E-state index in [1.807, 2.05) is 0 Å². The Bertz CT molecular complexity index is 1260. The molecule has 2 amide bonds. The van der Waals surface area contributed by atoms with Crippen LogP contribution < -0.4 is 4.90 Å². The first-order valence-electron chi connectivity index (χ1n) is 12.1. The van der Waals surface area contributed by atoms with Gasteiger partial charge in [-0.15, -0.1) is 0 Å². The summed E-state index contributed by atoms with van der Waals surface area (Å²) in [6.07, 6.45) is -17.6. The summed E-state index contributed by atoms with van der Waals surface area (Å²) in [4.78, 5) is 27.3. The van der Waals surface area contributed by atoms with E-state index in [9.17, 15) is 49.1 Å². The lowest BCUT2D eigenvalue weighted by molar-refractivity contribution is -0.143. The summed E-state index contributed by atoms with van der Waals surface area (Å²) in [5.74, 6) is -1.43. The van der Waals surface area contributed by atoms with Gasteiger partial charge in [0, 0.05) is 19.0 Å². The topological polar surface area (TPSA) is 59.1 Å². The van der Waals surface area contributed by atoms with Crippen LogP contribution in [0.4, 0.5) is 54.8 Å². The molecule has 0 bridgehead atoms. The Morgan fingerprint density at radius 1 is 0.878 bits per heavy atom. The highest BCUT2D eigenvalue weighted by Crippen LogP contribution is 2.52. The summed E-state index contributed by atoms with van der Waals surface area (Å²) in [7, 11) is 1.94. The number of nitrogens with zero attached hydrogens (tertiary/aromatic N) is 2. The molecule has 0 aromatic heterocycles. The molecule has 41 heavy (non-hydrogen) atoms. The molecule has 0 N–H and O–H groups in total. The van der Waals surface area contributed by atoms with Crippen molar-refractivity contribution in [3.63, 3.8) is 0 Å². The van der Waals surface area contributed by atoms with Gasteiger partial charge in [-0.1, -0.05) is 6.92 Å². The van der Waals surface area contributed by atoms with Crippen LogP contribution in [0, 0.1) is 0 Å². The molecule has 0 saturated carbocycles. The Kier molecular flexibility index (Phi) is 8.80. The highest BCUT2D eigenvalue weighted by Gasteiger charge is 2.49. The summed E-state index contributed by atoms with van der Waals surface area (Å²) < 4.78 is 133. The number of methoxy groups -OCH3 is 1. The fourth-order valence-corrected chi connectivity index (χ4v) is 5.09. The van der Waals surface area contributed by atoms with Crippen LogP contribution in [0.3, 0.4) is 0 Å². The molecule has 0 saturated heterocycles. The van der Waals surface area contributed by atoms with E-state index < -0.39 is 71.0 Å². The van der Waals surface area contributed by atoms with Crippen molar-refractivity contribution in [2.24, 2.45) is 0 Å². The molecule has 0 aliphatic carbocycles. The minimum absolute atomic E-state index is 0.0316. The number of rotatable bonds is 5. The zero-order valence-electron chi connectivity index (χ0n) is 22.0. The number of hydrogen-bond acceptors (Lipinski definition) is 4. The number of amides is 2. The number of ether oxygens (including phenoxy) is 2. The van der Waals surface area contributed by atoms with Crippen molar-refractivity contribution in [3.8, 4) is 0 Å². The van der Waals surface area contributed by atoms with E-state index in [1.54, 1.807) is 0 Å². The Labute approximate surface area is 228 Å². The first-order valence-corrected chi connectivity index (χ1v) is 12.1. The molecule has 2 aromatic rings. The zero-order valence-corrected chi connectivity index (χ0v) is 22.0. The predicted molar refractivity (Wildman–Crippen MR) is 127 cm³/mol. The van der Waals surface area contributed by atoms with Crippen molar-refractivity contribution in [1.82, 2.24) is 4.90 Å². The lowest BCUT2D eigenvalue weighted by Gasteiger charge is -2.37. The van der Waals surface area contributed by atoms with Crippen LogP contribution in [0.1, 0.15) is 60.0 Å². The number of likely N-dealkylation sites (N-methyl/N-ethyl adjacent to an activating group) is 1. The van der Waals surface area contributed by atoms with Crippen LogP contribution in [-0.4, -0.2) is 43.9 Å². The number of alkyl halides is 9. The molecule has 1 aliphatic rings. The van der Waals surface area contributed by atoms with Crippen LogP contribution in [0.2, 0.25) is 0 Å². The van der Waals surface area contributed by atoms with E-state index in [0.29, 0.717) is 29.2 Å². The molecule has 226 valence electrons. The number of fused-ring (bicyclic) bond motifs is 1. The first-order chi connectivity index (χ1) is 18.9. The highest BCUT2D eigenvalue weighted by molar-refractivity contribution is 5.92. The number of halogens is 9. The predicted octanol–water partition coefficient (Wildman–Crippen LogP) is 8.02. The molecule has 0 fully saturated rings. The molecule has 3 atom stereocenters. The molecular weight excluding hydrogens is 575 g/mol. The van der Waals surface area contributed by atoms with Crippen molar-refractivity contribution in [2.45, 2.75) is 56.8 Å². The van der Waals surface area contributed by atoms with E-state index in [0.717, 1.165) is 25.1 Å². The van der Waals surface area contributed by atoms with Gasteiger partial charge in [0.05, 0.1) is 42.1 Å². The van der Waals surface area contributed by atoms with E-state index in [4.69, 9.17) is 4.74 Å². The SMILES string of the molecule is CCOC(=O)N1c2ccc(C(F)(F)F)cc2[C@@H](C(c2cc(C(F)(F)F)cc(C(F)(F)F)c2)N(C)C(=O)OC)[C@H]1CC. The molecule has 0 spiro atoms. The molecule has 1 heterocycles. The molecular formula is C26H25F9N2O4. The van der Waals surface area contributed by atoms with Gasteiger partial charge in [-0.3, -0.25) is 4.90 Å². The Balaban J connectivity index is 2.42. The lowest BCUT2D eigenvalue weighted by Crippen LogP contribution is -2.44. The summed E-state index contributed by atoms with van der Waals surface area (Å²) >= 11 is 0. The second kappa shape index (κ2) is 11.3. The van der Waals surface area contributed by atoms with Gasteiger partial charge in [0.1, 0.15) is 0 Å². The van der Waals surface area contributed by atoms with Crippen LogP contribution in [0.25, 0.3) is 0 Å². The maximum Gasteiger partial charge on any atom is 0.416 e. The lowest BCUT2D eigenvalue weighted by atomic mass is 9.81. The smallest absolute Gasteiger partial charge is 0.416 e. The third-order valence-electron chi connectivity index (χ3n) is 6.77. The van der Waals surface area contributed by atoms with Crippen molar-refractivity contribution >= 4 is 17.9 Å². The van der Waals surface area contributed by atoms with Gasteiger partial charge in [-0.25, -0.2) is 9.59 Å². The summed E-state index contributed by atoms with van der Waals surface area (Å²) in [5, 5.41) is 0. The third kappa shape index (κ3) is 6.32. The number of benzene rings is 2. The van der Waals surface area contributed by atoms with Gasteiger partial charge in [-0.05, 0) is 60.9 Å². The van der Waals surface area contributed by atoms with Crippen molar-refractivity contribution in [2.75, 3.05) is 25.7 Å². The maximum atomic E-state index is 13.8. The van der Waals surface area contributed by atoms with Crippen LogP contribution in [0.5, 0.6) is 0 Å². The van der Waals surface area contributed by atoms with Gasteiger partial charge in [0.25, 0.3) is 0 Å². The van der Waals surface area contributed by atoms with E-state index in [2.05, 4.69) is 4.74 Å². The van der Waals surface area contributed by atoms with Crippen LogP contribution in [0.15, 0.2) is 36.4 Å². The molecule has 6 nitrogen and oxygen atoms in total. The fourth-order valence-electron chi connectivity index (χ4n) is 5.09. The Morgan fingerprint density at radius 3 is 1.85 bits per heavy atom. The molecule has 0 radical (unpaired) electrons. The Hall–Kier alpha value is -3.65. The molecule has 1 unspecified atom stereocenters. The summed E-state index contributed by atoms with van der Waals surface area (Å²) in [6.45, 7) is 2.85. The zero-order chi connectivity index (χ0) is 31.1. The largest absolute Gasteiger partial charge is 0.453 e. The van der Waals surface area contributed by atoms with Gasteiger partial charge in [0.2, 0.25) is 0 Å². The maximum absolute atomic E-state index is 13.8. The number of carbonyl (C=O) groups excluding carboxylic acids is 2. The Morgan fingerprint density at radius 2 is 1.41 bits per heavy atom. The van der Waals surface area contributed by atoms with E-state index in [-0.39, 0.29) is 30.3 Å². The standard InChI is InChI=1S/C26H25F9N2O4/c1-5-18-20(17-12-14(24(27,28)29)7-8-19(17)37(18)23(39)41-6-2)21(36(3)22(38)40-4)13-9-15(25(30,31)32)11-16(10-13)26(33,34)35/h7-12,18,20-21H,5-6H2,1-4H3/t18-,20-,21?/m1/s1. The van der Waals surface area contributed by atoms with Crippen LogP contribution >= 0.6 is 0 Å². The van der Waals surface area contributed by atoms with Gasteiger partial charge in [-0.2, -0.15) is 39.5 Å². The van der Waals surface area contributed by atoms with Crippen LogP contribution in [-0.2, 0) is 28.0 Å². The minimum Gasteiger partial charge on any atom is -0.453 e. The number of anilines is 1. The van der Waals surface area contributed by atoms with Gasteiger partial charge in [0.15, 0.2) is 0 Å². The van der Waals surface area contributed by atoms with E-state index in [1.165, 1.54) is 13.8 Å². The minimum atomic E-state index is -5.25. The monoisotopic (exact) mass is 600 g/mol. The normalized spacial score (nSPS) is 18.1. The highest BCUT2D eigenvalue weighted by atomic mass is 19.4. The second-order valence-corrected chi connectivity index (χ2v) is 9.21. The average molecular weight is 600 g/mol.